The Morgan fingerprint density at radius 1 is 1.32 bits per heavy atom. The molecule has 0 unspecified atom stereocenters. The van der Waals surface area contributed by atoms with Gasteiger partial charge in [0.05, 0.1) is 11.1 Å². The Kier molecular flexibility index (Phi) is 4.57. The minimum atomic E-state index is -0.0275. The molecule has 2 aromatic heterocycles. The van der Waals surface area contributed by atoms with Gasteiger partial charge in [0.1, 0.15) is 9.88 Å². The molecule has 0 bridgehead atoms. The number of rotatable bonds is 4. The molecule has 0 atom stereocenters. The average molecular weight is 349 g/mol. The minimum Gasteiger partial charge on any atom is -0.337 e. The number of nitrogens with zero attached hydrogens (tertiary/aromatic N) is 2. The lowest BCUT2D eigenvalue weighted by molar-refractivity contribution is 0.0789. The van der Waals surface area contributed by atoms with Gasteiger partial charge < -0.3 is 4.90 Å². The van der Waals surface area contributed by atoms with Gasteiger partial charge in [-0.1, -0.05) is 29.8 Å². The predicted molar refractivity (Wildman–Crippen MR) is 92.7 cm³/mol. The van der Waals surface area contributed by atoms with Crippen molar-refractivity contribution >= 4 is 40.2 Å². The van der Waals surface area contributed by atoms with E-state index in [0.29, 0.717) is 16.4 Å². The number of thiophene rings is 1. The average Bonchev–Trinajstić information content (AvgIpc) is 3.17. The van der Waals surface area contributed by atoms with Crippen molar-refractivity contribution < 1.29 is 4.79 Å². The zero-order chi connectivity index (χ0) is 15.5. The normalized spacial score (nSPS) is 10.6. The monoisotopic (exact) mass is 348 g/mol. The number of carbonyl (C=O) groups excluding carboxylic acids is 1. The SMILES string of the molecule is CN(Cc1cccc(Cl)c1)C(=O)c1cnc(-c2cccs2)s1. The molecular weight excluding hydrogens is 336 g/mol. The van der Waals surface area contributed by atoms with Crippen molar-refractivity contribution in [1.29, 1.82) is 0 Å². The van der Waals surface area contributed by atoms with Gasteiger partial charge in [0.15, 0.2) is 0 Å². The van der Waals surface area contributed by atoms with Crippen LogP contribution in [0.5, 0.6) is 0 Å². The first-order chi connectivity index (χ1) is 10.6. The highest BCUT2D eigenvalue weighted by Crippen LogP contribution is 2.29. The molecule has 6 heteroatoms. The standard InChI is InChI=1S/C16H13ClN2OS2/c1-19(10-11-4-2-5-12(17)8-11)16(20)14-9-18-15(22-14)13-6-3-7-21-13/h2-9H,10H2,1H3. The number of carbonyl (C=O) groups is 1. The summed E-state index contributed by atoms with van der Waals surface area (Å²) in [6.45, 7) is 0.519. The van der Waals surface area contributed by atoms with Gasteiger partial charge in [0.25, 0.3) is 5.91 Å². The number of halogens is 1. The first-order valence-electron chi connectivity index (χ1n) is 6.63. The highest BCUT2D eigenvalue weighted by Gasteiger charge is 2.16. The molecular formula is C16H13ClN2OS2. The van der Waals surface area contributed by atoms with Crippen LogP contribution in [0.4, 0.5) is 0 Å². The summed E-state index contributed by atoms with van der Waals surface area (Å²) in [5, 5.41) is 3.56. The van der Waals surface area contributed by atoms with E-state index >= 15 is 0 Å². The summed E-state index contributed by atoms with van der Waals surface area (Å²) in [5.74, 6) is -0.0275. The van der Waals surface area contributed by atoms with Crippen molar-refractivity contribution in [1.82, 2.24) is 9.88 Å². The second-order valence-corrected chi connectivity index (χ2v) is 7.21. The number of hydrogen-bond acceptors (Lipinski definition) is 4. The maximum Gasteiger partial charge on any atom is 0.265 e. The third-order valence-electron chi connectivity index (χ3n) is 3.10. The van der Waals surface area contributed by atoms with Gasteiger partial charge in [-0.05, 0) is 29.1 Å². The maximum absolute atomic E-state index is 12.5. The summed E-state index contributed by atoms with van der Waals surface area (Å²) in [7, 11) is 1.79. The number of amides is 1. The zero-order valence-corrected chi connectivity index (χ0v) is 14.2. The Hall–Kier alpha value is -1.69. The van der Waals surface area contributed by atoms with Gasteiger partial charge in [-0.2, -0.15) is 0 Å². The first kappa shape index (κ1) is 15.2. The van der Waals surface area contributed by atoms with Crippen molar-refractivity contribution in [2.24, 2.45) is 0 Å². The molecule has 0 saturated carbocycles. The number of thiazole rings is 1. The molecule has 22 heavy (non-hydrogen) atoms. The highest BCUT2D eigenvalue weighted by molar-refractivity contribution is 7.21. The highest BCUT2D eigenvalue weighted by atomic mass is 35.5. The summed E-state index contributed by atoms with van der Waals surface area (Å²) in [4.78, 5) is 20.2. The maximum atomic E-state index is 12.5. The topological polar surface area (TPSA) is 33.2 Å². The molecule has 0 N–H and O–H groups in total. The molecule has 1 amide bonds. The predicted octanol–water partition coefficient (Wildman–Crippen LogP) is 4.80. The largest absolute Gasteiger partial charge is 0.337 e. The van der Waals surface area contributed by atoms with Gasteiger partial charge in [-0.15, -0.1) is 22.7 Å². The molecule has 3 rings (SSSR count). The van der Waals surface area contributed by atoms with Crippen LogP contribution < -0.4 is 0 Å². The quantitative estimate of drug-likeness (QED) is 0.678. The van der Waals surface area contributed by atoms with Crippen LogP contribution in [0.2, 0.25) is 5.02 Å². The van der Waals surface area contributed by atoms with Crippen LogP contribution in [0.3, 0.4) is 0 Å². The van der Waals surface area contributed by atoms with Crippen LogP contribution >= 0.6 is 34.3 Å². The minimum absolute atomic E-state index is 0.0275. The molecule has 1 aromatic carbocycles. The van der Waals surface area contributed by atoms with Crippen LogP contribution in [0.15, 0.2) is 48.0 Å². The van der Waals surface area contributed by atoms with Crippen molar-refractivity contribution in [3.8, 4) is 9.88 Å². The van der Waals surface area contributed by atoms with E-state index in [9.17, 15) is 4.79 Å². The molecule has 3 aromatic rings. The Morgan fingerprint density at radius 2 is 2.18 bits per heavy atom. The summed E-state index contributed by atoms with van der Waals surface area (Å²) < 4.78 is 0. The molecule has 3 nitrogen and oxygen atoms in total. The Morgan fingerprint density at radius 3 is 2.91 bits per heavy atom. The van der Waals surface area contributed by atoms with Gasteiger partial charge in [0.2, 0.25) is 0 Å². The number of hydrogen-bond donors (Lipinski definition) is 0. The van der Waals surface area contributed by atoms with E-state index in [1.807, 2.05) is 41.8 Å². The molecule has 2 heterocycles. The Balaban J connectivity index is 1.73. The Bertz CT molecular complexity index is 783. The van der Waals surface area contributed by atoms with Crippen molar-refractivity contribution in [2.75, 3.05) is 7.05 Å². The second-order valence-electron chi connectivity index (χ2n) is 4.80. The molecule has 0 radical (unpaired) electrons. The third kappa shape index (κ3) is 3.38. The van der Waals surface area contributed by atoms with Crippen LogP contribution in [-0.4, -0.2) is 22.8 Å². The lowest BCUT2D eigenvalue weighted by Crippen LogP contribution is -2.25. The molecule has 0 spiro atoms. The van der Waals surface area contributed by atoms with Crippen molar-refractivity contribution in [2.45, 2.75) is 6.54 Å². The van der Waals surface area contributed by atoms with Crippen LogP contribution in [0, 0.1) is 0 Å². The van der Waals surface area contributed by atoms with E-state index in [4.69, 9.17) is 11.6 Å². The number of aromatic nitrogens is 1. The van der Waals surface area contributed by atoms with Crippen LogP contribution in [0.1, 0.15) is 15.2 Å². The van der Waals surface area contributed by atoms with Gasteiger partial charge in [0, 0.05) is 18.6 Å². The van der Waals surface area contributed by atoms with Gasteiger partial charge in [-0.3, -0.25) is 4.79 Å². The van der Waals surface area contributed by atoms with E-state index in [1.54, 1.807) is 29.5 Å². The van der Waals surface area contributed by atoms with Gasteiger partial charge >= 0.3 is 0 Å². The fourth-order valence-electron chi connectivity index (χ4n) is 2.06. The molecule has 0 fully saturated rings. The van der Waals surface area contributed by atoms with E-state index in [2.05, 4.69) is 4.98 Å². The van der Waals surface area contributed by atoms with Gasteiger partial charge in [-0.25, -0.2) is 4.98 Å². The zero-order valence-electron chi connectivity index (χ0n) is 11.8. The molecule has 112 valence electrons. The summed E-state index contributed by atoms with van der Waals surface area (Å²) in [6, 6.07) is 11.5. The van der Waals surface area contributed by atoms with E-state index in [1.165, 1.54) is 11.3 Å². The van der Waals surface area contributed by atoms with E-state index in [0.717, 1.165) is 15.4 Å². The summed E-state index contributed by atoms with van der Waals surface area (Å²) in [6.07, 6.45) is 1.65. The fraction of sp³-hybridized carbons (Fsp3) is 0.125. The summed E-state index contributed by atoms with van der Waals surface area (Å²) >= 11 is 9.02. The summed E-state index contributed by atoms with van der Waals surface area (Å²) in [5.41, 5.74) is 1.01. The smallest absolute Gasteiger partial charge is 0.265 e. The van der Waals surface area contributed by atoms with Crippen LogP contribution in [0.25, 0.3) is 9.88 Å². The molecule has 0 aliphatic heterocycles. The van der Waals surface area contributed by atoms with Crippen molar-refractivity contribution in [3.63, 3.8) is 0 Å². The second kappa shape index (κ2) is 6.60. The first-order valence-corrected chi connectivity index (χ1v) is 8.70. The molecule has 0 aliphatic rings. The lowest BCUT2D eigenvalue weighted by Gasteiger charge is -2.16. The Labute approximate surface area is 141 Å². The third-order valence-corrected chi connectivity index (χ3v) is 5.36. The fourth-order valence-corrected chi connectivity index (χ4v) is 3.98. The van der Waals surface area contributed by atoms with E-state index in [-0.39, 0.29) is 5.91 Å². The number of benzene rings is 1. The van der Waals surface area contributed by atoms with Crippen LogP contribution in [-0.2, 0) is 6.54 Å². The van der Waals surface area contributed by atoms with E-state index < -0.39 is 0 Å². The lowest BCUT2D eigenvalue weighted by atomic mass is 10.2. The molecule has 0 aliphatic carbocycles. The molecule has 0 saturated heterocycles. The van der Waals surface area contributed by atoms with Crippen molar-refractivity contribution in [3.05, 3.63) is 63.4 Å².